The number of aryl methyl sites for hydroxylation is 1. The van der Waals surface area contributed by atoms with E-state index in [0.717, 1.165) is 10.0 Å². The molecule has 0 unspecified atom stereocenters. The van der Waals surface area contributed by atoms with Crippen molar-refractivity contribution in [3.05, 3.63) is 52.5 Å². The molecule has 2 amide bonds. The lowest BCUT2D eigenvalue weighted by atomic mass is 10.2. The number of anilines is 2. The average Bonchev–Trinajstić information content (AvgIpc) is 2.57. The fourth-order valence-corrected chi connectivity index (χ4v) is 2.22. The molecule has 0 bridgehead atoms. The molecule has 0 atom stereocenters. The van der Waals surface area contributed by atoms with Gasteiger partial charge in [-0.2, -0.15) is 0 Å². The summed E-state index contributed by atoms with van der Waals surface area (Å²) in [5, 5.41) is 5.55. The van der Waals surface area contributed by atoms with Gasteiger partial charge in [0, 0.05) is 21.8 Å². The molecule has 0 aliphatic rings. The van der Waals surface area contributed by atoms with Crippen molar-refractivity contribution in [1.82, 2.24) is 0 Å². The maximum absolute atomic E-state index is 12.0. The number of halogens is 1. The van der Waals surface area contributed by atoms with Gasteiger partial charge in [0.1, 0.15) is 5.75 Å². The van der Waals surface area contributed by atoms with Crippen LogP contribution in [0.4, 0.5) is 11.4 Å². The molecule has 0 aliphatic heterocycles. The molecule has 25 heavy (non-hydrogen) atoms. The molecular weight excluding hydrogens is 384 g/mol. The average molecular weight is 405 g/mol. The van der Waals surface area contributed by atoms with Crippen LogP contribution in [0.2, 0.25) is 0 Å². The van der Waals surface area contributed by atoms with Crippen LogP contribution < -0.4 is 15.4 Å². The molecule has 0 radical (unpaired) electrons. The molecule has 0 aromatic heterocycles. The first kappa shape index (κ1) is 19.0. The van der Waals surface area contributed by atoms with Gasteiger partial charge in [-0.05, 0) is 55.0 Å². The number of amides is 2. The van der Waals surface area contributed by atoms with Crippen molar-refractivity contribution in [3.63, 3.8) is 0 Å². The van der Waals surface area contributed by atoms with Crippen molar-refractivity contribution in [1.29, 1.82) is 0 Å². The molecular formula is C19H21BrN2O3. The van der Waals surface area contributed by atoms with Crippen molar-refractivity contribution < 1.29 is 14.3 Å². The lowest BCUT2D eigenvalue weighted by Gasteiger charge is -2.10. The van der Waals surface area contributed by atoms with E-state index in [0.29, 0.717) is 17.1 Å². The molecule has 0 heterocycles. The van der Waals surface area contributed by atoms with E-state index in [-0.39, 0.29) is 24.3 Å². The van der Waals surface area contributed by atoms with Gasteiger partial charge in [-0.1, -0.05) is 29.8 Å². The second kappa shape index (κ2) is 8.67. The van der Waals surface area contributed by atoms with Crippen molar-refractivity contribution in [2.75, 3.05) is 17.2 Å². The van der Waals surface area contributed by atoms with E-state index in [1.54, 1.807) is 30.3 Å². The molecule has 0 saturated carbocycles. The van der Waals surface area contributed by atoms with Gasteiger partial charge in [0.2, 0.25) is 5.91 Å². The van der Waals surface area contributed by atoms with Crippen molar-refractivity contribution in [2.24, 2.45) is 5.92 Å². The van der Waals surface area contributed by atoms with Crippen LogP contribution in [-0.2, 0) is 9.59 Å². The zero-order valence-electron chi connectivity index (χ0n) is 14.4. The van der Waals surface area contributed by atoms with E-state index in [1.165, 1.54) is 0 Å². The standard InChI is InChI=1S/C19H21BrN2O3/c1-12(2)19(24)22-15-6-4-14(5-7-15)21-18(23)11-25-16-8-9-17(20)13(3)10-16/h4-10,12H,11H2,1-3H3,(H,21,23)(H,22,24). The normalized spacial score (nSPS) is 10.4. The van der Waals surface area contributed by atoms with Gasteiger partial charge in [0.15, 0.2) is 6.61 Å². The molecule has 6 heteroatoms. The SMILES string of the molecule is Cc1cc(OCC(=O)Nc2ccc(NC(=O)C(C)C)cc2)ccc1Br. The fraction of sp³-hybridized carbons (Fsp3) is 0.263. The number of carbonyl (C=O) groups is 2. The van der Waals surface area contributed by atoms with Crippen LogP contribution in [0.15, 0.2) is 46.9 Å². The lowest BCUT2D eigenvalue weighted by Crippen LogP contribution is -2.20. The van der Waals surface area contributed by atoms with Crippen molar-refractivity contribution in [3.8, 4) is 5.75 Å². The third kappa shape index (κ3) is 5.90. The van der Waals surface area contributed by atoms with Crippen molar-refractivity contribution in [2.45, 2.75) is 20.8 Å². The summed E-state index contributed by atoms with van der Waals surface area (Å²) in [5.41, 5.74) is 2.37. The van der Waals surface area contributed by atoms with Crippen LogP contribution in [0, 0.1) is 12.8 Å². The summed E-state index contributed by atoms with van der Waals surface area (Å²) < 4.78 is 6.48. The van der Waals surface area contributed by atoms with E-state index in [1.807, 2.05) is 32.9 Å². The first-order valence-electron chi connectivity index (χ1n) is 7.95. The van der Waals surface area contributed by atoms with Gasteiger partial charge in [-0.15, -0.1) is 0 Å². The Morgan fingerprint density at radius 3 is 2.20 bits per heavy atom. The highest BCUT2D eigenvalue weighted by molar-refractivity contribution is 9.10. The summed E-state index contributed by atoms with van der Waals surface area (Å²) in [5.74, 6) is 0.260. The summed E-state index contributed by atoms with van der Waals surface area (Å²) >= 11 is 3.42. The number of nitrogens with one attached hydrogen (secondary N) is 2. The number of ether oxygens (including phenoxy) is 1. The minimum absolute atomic E-state index is 0.0463. The van der Waals surface area contributed by atoms with Gasteiger partial charge in [-0.3, -0.25) is 9.59 Å². The van der Waals surface area contributed by atoms with Crippen LogP contribution in [0.25, 0.3) is 0 Å². The molecule has 0 fully saturated rings. The highest BCUT2D eigenvalue weighted by atomic mass is 79.9. The fourth-order valence-electron chi connectivity index (χ4n) is 1.98. The molecule has 0 saturated heterocycles. The van der Waals surface area contributed by atoms with E-state index in [9.17, 15) is 9.59 Å². The summed E-state index contributed by atoms with van der Waals surface area (Å²) in [4.78, 5) is 23.6. The Morgan fingerprint density at radius 1 is 1.04 bits per heavy atom. The van der Waals surface area contributed by atoms with E-state index in [4.69, 9.17) is 4.74 Å². The summed E-state index contributed by atoms with van der Waals surface area (Å²) in [6, 6.07) is 12.5. The maximum Gasteiger partial charge on any atom is 0.262 e. The predicted octanol–water partition coefficient (Wildman–Crippen LogP) is 4.37. The molecule has 2 rings (SSSR count). The summed E-state index contributed by atoms with van der Waals surface area (Å²) in [7, 11) is 0. The predicted molar refractivity (Wildman–Crippen MR) is 103 cm³/mol. The first-order chi connectivity index (χ1) is 11.8. The molecule has 2 N–H and O–H groups in total. The topological polar surface area (TPSA) is 67.4 Å². The second-order valence-corrected chi connectivity index (χ2v) is 6.82. The van der Waals surface area contributed by atoms with Crippen LogP contribution in [0.5, 0.6) is 5.75 Å². The van der Waals surface area contributed by atoms with Gasteiger partial charge in [0.05, 0.1) is 0 Å². The van der Waals surface area contributed by atoms with Gasteiger partial charge in [0.25, 0.3) is 5.91 Å². The minimum atomic E-state index is -0.250. The van der Waals surface area contributed by atoms with Crippen LogP contribution in [-0.4, -0.2) is 18.4 Å². The number of hydrogen-bond acceptors (Lipinski definition) is 3. The summed E-state index contributed by atoms with van der Waals surface area (Å²) in [6.45, 7) is 5.54. The summed E-state index contributed by atoms with van der Waals surface area (Å²) in [6.07, 6.45) is 0. The quantitative estimate of drug-likeness (QED) is 0.750. The monoisotopic (exact) mass is 404 g/mol. The number of benzene rings is 2. The van der Waals surface area contributed by atoms with Gasteiger partial charge >= 0.3 is 0 Å². The Balaban J connectivity index is 1.85. The maximum atomic E-state index is 12.0. The zero-order chi connectivity index (χ0) is 18.4. The third-order valence-corrected chi connectivity index (χ3v) is 4.35. The largest absolute Gasteiger partial charge is 0.484 e. The Labute approximate surface area is 155 Å². The van der Waals surface area contributed by atoms with E-state index in [2.05, 4.69) is 26.6 Å². The Morgan fingerprint density at radius 2 is 1.64 bits per heavy atom. The molecule has 2 aromatic rings. The van der Waals surface area contributed by atoms with Gasteiger partial charge < -0.3 is 15.4 Å². The Kier molecular flexibility index (Phi) is 6.58. The lowest BCUT2D eigenvalue weighted by molar-refractivity contribution is -0.119. The Hall–Kier alpha value is -2.34. The van der Waals surface area contributed by atoms with Crippen LogP contribution in [0.3, 0.4) is 0 Å². The zero-order valence-corrected chi connectivity index (χ0v) is 16.0. The van der Waals surface area contributed by atoms with Gasteiger partial charge in [-0.25, -0.2) is 0 Å². The molecule has 5 nitrogen and oxygen atoms in total. The second-order valence-electron chi connectivity index (χ2n) is 5.97. The first-order valence-corrected chi connectivity index (χ1v) is 8.74. The molecule has 132 valence electrons. The van der Waals surface area contributed by atoms with E-state index >= 15 is 0 Å². The molecule has 2 aromatic carbocycles. The van der Waals surface area contributed by atoms with Crippen molar-refractivity contribution >= 4 is 39.1 Å². The number of rotatable bonds is 6. The molecule has 0 spiro atoms. The number of carbonyl (C=O) groups excluding carboxylic acids is 2. The highest BCUT2D eigenvalue weighted by Crippen LogP contribution is 2.21. The van der Waals surface area contributed by atoms with E-state index < -0.39 is 0 Å². The van der Waals surface area contributed by atoms with Crippen LogP contribution >= 0.6 is 15.9 Å². The third-order valence-electron chi connectivity index (χ3n) is 3.46. The van der Waals surface area contributed by atoms with Crippen LogP contribution in [0.1, 0.15) is 19.4 Å². The Bertz CT molecular complexity index is 758. The minimum Gasteiger partial charge on any atom is -0.484 e. The molecule has 0 aliphatic carbocycles. The smallest absolute Gasteiger partial charge is 0.262 e. The number of hydrogen-bond donors (Lipinski definition) is 2. The highest BCUT2D eigenvalue weighted by Gasteiger charge is 2.08.